The fraction of sp³-hybridized carbons (Fsp3) is 0.429. The van der Waals surface area contributed by atoms with E-state index in [1.165, 1.54) is 6.39 Å². The third-order valence-electron chi connectivity index (χ3n) is 1.33. The number of hydrogen-bond donors (Lipinski definition) is 1. The lowest BCUT2D eigenvalue weighted by Crippen LogP contribution is -2.19. The van der Waals surface area contributed by atoms with Gasteiger partial charge < -0.3 is 9.84 Å². The monoisotopic (exact) mass is 153 g/mol. The van der Waals surface area contributed by atoms with Gasteiger partial charge >= 0.3 is 0 Å². The number of aromatic nitrogens is 2. The first-order valence-electron chi connectivity index (χ1n) is 3.45. The van der Waals surface area contributed by atoms with Crippen LogP contribution in [0.15, 0.2) is 23.6 Å². The zero-order chi connectivity index (χ0) is 8.10. The Morgan fingerprint density at radius 2 is 2.73 bits per heavy atom. The lowest BCUT2D eigenvalue weighted by molar-refractivity contribution is 0.400. The molecule has 4 nitrogen and oxygen atoms in total. The van der Waals surface area contributed by atoms with E-state index in [1.807, 2.05) is 6.92 Å². The van der Waals surface area contributed by atoms with Gasteiger partial charge in [0.05, 0.1) is 6.04 Å². The molecule has 0 amide bonds. The van der Waals surface area contributed by atoms with Gasteiger partial charge in [0, 0.05) is 6.54 Å². The highest BCUT2D eigenvalue weighted by atomic mass is 16.5. The average molecular weight is 153 g/mol. The van der Waals surface area contributed by atoms with Gasteiger partial charge in [-0.2, -0.15) is 4.98 Å². The van der Waals surface area contributed by atoms with Crippen molar-refractivity contribution in [2.24, 2.45) is 0 Å². The van der Waals surface area contributed by atoms with Crippen molar-refractivity contribution in [2.45, 2.75) is 13.0 Å². The predicted molar refractivity (Wildman–Crippen MR) is 40.9 cm³/mol. The standard InChI is InChI=1S/C7H11N3O/c1-3-4-8-6(2)7-9-5-11-10-7/h3,5-6,8H,1,4H2,2H3. The summed E-state index contributed by atoms with van der Waals surface area (Å²) in [6, 6.07) is 0.117. The molecule has 0 bridgehead atoms. The van der Waals surface area contributed by atoms with Crippen molar-refractivity contribution in [3.63, 3.8) is 0 Å². The van der Waals surface area contributed by atoms with Crippen LogP contribution >= 0.6 is 0 Å². The molecule has 0 spiro atoms. The fourth-order valence-corrected chi connectivity index (χ4v) is 0.721. The van der Waals surface area contributed by atoms with Crippen LogP contribution in [-0.2, 0) is 0 Å². The number of rotatable bonds is 4. The quantitative estimate of drug-likeness (QED) is 0.653. The normalized spacial score (nSPS) is 12.8. The summed E-state index contributed by atoms with van der Waals surface area (Å²) >= 11 is 0. The molecule has 11 heavy (non-hydrogen) atoms. The summed E-state index contributed by atoms with van der Waals surface area (Å²) in [5, 5.41) is 6.82. The molecule has 1 aromatic heterocycles. The minimum atomic E-state index is 0.117. The summed E-state index contributed by atoms with van der Waals surface area (Å²) in [7, 11) is 0. The van der Waals surface area contributed by atoms with Gasteiger partial charge in [0.1, 0.15) is 0 Å². The lowest BCUT2D eigenvalue weighted by atomic mass is 10.3. The molecular weight excluding hydrogens is 142 g/mol. The maximum atomic E-state index is 4.59. The smallest absolute Gasteiger partial charge is 0.213 e. The summed E-state index contributed by atoms with van der Waals surface area (Å²) in [6.45, 7) is 6.30. The van der Waals surface area contributed by atoms with Gasteiger partial charge in [-0.1, -0.05) is 11.2 Å². The van der Waals surface area contributed by atoms with E-state index in [2.05, 4.69) is 26.6 Å². The third-order valence-corrected chi connectivity index (χ3v) is 1.33. The molecule has 0 fully saturated rings. The van der Waals surface area contributed by atoms with E-state index in [4.69, 9.17) is 0 Å². The Kier molecular flexibility index (Phi) is 2.80. The fourth-order valence-electron chi connectivity index (χ4n) is 0.721. The Balaban J connectivity index is 2.42. The molecule has 1 aromatic rings. The first kappa shape index (κ1) is 7.94. The van der Waals surface area contributed by atoms with Gasteiger partial charge in [-0.3, -0.25) is 0 Å². The van der Waals surface area contributed by atoms with Crippen LogP contribution in [0.25, 0.3) is 0 Å². The van der Waals surface area contributed by atoms with Crippen molar-refractivity contribution in [1.29, 1.82) is 0 Å². The second kappa shape index (κ2) is 3.88. The second-order valence-electron chi connectivity index (χ2n) is 2.21. The van der Waals surface area contributed by atoms with Crippen molar-refractivity contribution >= 4 is 0 Å². The molecule has 60 valence electrons. The molecule has 0 aliphatic rings. The Morgan fingerprint density at radius 3 is 3.27 bits per heavy atom. The molecule has 4 heteroatoms. The zero-order valence-electron chi connectivity index (χ0n) is 6.45. The van der Waals surface area contributed by atoms with Crippen LogP contribution in [0.5, 0.6) is 0 Å². The molecule has 1 atom stereocenters. The van der Waals surface area contributed by atoms with Crippen LogP contribution < -0.4 is 5.32 Å². The van der Waals surface area contributed by atoms with Crippen molar-refractivity contribution < 1.29 is 4.52 Å². The highest BCUT2D eigenvalue weighted by molar-refractivity contribution is 4.88. The minimum absolute atomic E-state index is 0.117. The summed E-state index contributed by atoms with van der Waals surface area (Å²) in [4.78, 5) is 3.89. The average Bonchev–Trinajstić information content (AvgIpc) is 2.52. The van der Waals surface area contributed by atoms with E-state index in [-0.39, 0.29) is 6.04 Å². The molecule has 0 saturated heterocycles. The Labute approximate surface area is 65.3 Å². The van der Waals surface area contributed by atoms with Crippen molar-refractivity contribution in [3.8, 4) is 0 Å². The van der Waals surface area contributed by atoms with Crippen LogP contribution in [0.4, 0.5) is 0 Å². The molecule has 1 rings (SSSR count). The molecule has 0 saturated carbocycles. The summed E-state index contributed by atoms with van der Waals surface area (Å²) in [5.41, 5.74) is 0. The summed E-state index contributed by atoms with van der Waals surface area (Å²) < 4.78 is 4.59. The maximum Gasteiger partial charge on any atom is 0.213 e. The summed E-state index contributed by atoms with van der Waals surface area (Å²) in [5.74, 6) is 0.673. The highest BCUT2D eigenvalue weighted by Gasteiger charge is 2.07. The summed E-state index contributed by atoms with van der Waals surface area (Å²) in [6.07, 6.45) is 3.11. The van der Waals surface area contributed by atoms with E-state index in [9.17, 15) is 0 Å². The van der Waals surface area contributed by atoms with Crippen molar-refractivity contribution in [3.05, 3.63) is 24.9 Å². The van der Waals surface area contributed by atoms with Crippen LogP contribution in [-0.4, -0.2) is 16.7 Å². The maximum absolute atomic E-state index is 4.59. The minimum Gasteiger partial charge on any atom is -0.343 e. The van der Waals surface area contributed by atoms with Crippen LogP contribution in [0, 0.1) is 0 Å². The first-order valence-corrected chi connectivity index (χ1v) is 3.45. The molecular formula is C7H11N3O. The first-order chi connectivity index (χ1) is 5.34. The van der Waals surface area contributed by atoms with Crippen molar-refractivity contribution in [2.75, 3.05) is 6.54 Å². The SMILES string of the molecule is C=CCNC(C)c1ncon1. The Bertz CT molecular complexity index is 207. The van der Waals surface area contributed by atoms with Crippen LogP contribution in [0.3, 0.4) is 0 Å². The topological polar surface area (TPSA) is 51.0 Å². The van der Waals surface area contributed by atoms with E-state index in [1.54, 1.807) is 6.08 Å². The van der Waals surface area contributed by atoms with Gasteiger partial charge in [-0.05, 0) is 6.92 Å². The van der Waals surface area contributed by atoms with E-state index >= 15 is 0 Å². The van der Waals surface area contributed by atoms with Gasteiger partial charge in [0.15, 0.2) is 5.82 Å². The molecule has 0 aromatic carbocycles. The molecule has 1 heterocycles. The highest BCUT2D eigenvalue weighted by Crippen LogP contribution is 2.03. The van der Waals surface area contributed by atoms with Crippen LogP contribution in [0.1, 0.15) is 18.8 Å². The van der Waals surface area contributed by atoms with E-state index < -0.39 is 0 Å². The molecule has 1 N–H and O–H groups in total. The Hall–Kier alpha value is -1.16. The largest absolute Gasteiger partial charge is 0.343 e. The predicted octanol–water partition coefficient (Wildman–Crippen LogP) is 0.906. The van der Waals surface area contributed by atoms with Crippen molar-refractivity contribution in [1.82, 2.24) is 15.5 Å². The molecule has 0 aliphatic heterocycles. The second-order valence-corrected chi connectivity index (χ2v) is 2.21. The molecule has 0 radical (unpaired) electrons. The molecule has 0 aliphatic carbocycles. The van der Waals surface area contributed by atoms with Gasteiger partial charge in [0.2, 0.25) is 6.39 Å². The zero-order valence-corrected chi connectivity index (χ0v) is 6.45. The van der Waals surface area contributed by atoms with Gasteiger partial charge in [-0.15, -0.1) is 6.58 Å². The molecule has 1 unspecified atom stereocenters. The number of nitrogens with one attached hydrogen (secondary N) is 1. The van der Waals surface area contributed by atoms with Gasteiger partial charge in [-0.25, -0.2) is 0 Å². The number of hydrogen-bond acceptors (Lipinski definition) is 4. The Morgan fingerprint density at radius 1 is 1.91 bits per heavy atom. The van der Waals surface area contributed by atoms with E-state index in [0.717, 1.165) is 6.54 Å². The number of nitrogens with zero attached hydrogens (tertiary/aromatic N) is 2. The van der Waals surface area contributed by atoms with E-state index in [0.29, 0.717) is 5.82 Å². The third kappa shape index (κ3) is 2.16. The van der Waals surface area contributed by atoms with Gasteiger partial charge in [0.25, 0.3) is 0 Å². The van der Waals surface area contributed by atoms with Crippen LogP contribution in [0.2, 0.25) is 0 Å². The lowest BCUT2D eigenvalue weighted by Gasteiger charge is -2.05.